The third-order valence-electron chi connectivity index (χ3n) is 4.93. The van der Waals surface area contributed by atoms with Gasteiger partial charge in [-0.1, -0.05) is 31.9 Å². The van der Waals surface area contributed by atoms with E-state index in [9.17, 15) is 0 Å². The second kappa shape index (κ2) is 6.89. The Morgan fingerprint density at radius 3 is 2.90 bits per heavy atom. The fourth-order valence-corrected chi connectivity index (χ4v) is 4.93. The van der Waals surface area contributed by atoms with Gasteiger partial charge in [-0.2, -0.15) is 0 Å². The number of aromatic nitrogens is 1. The van der Waals surface area contributed by atoms with Gasteiger partial charge in [-0.25, -0.2) is 4.98 Å². The number of para-hydroxylation sites is 1. The van der Waals surface area contributed by atoms with Crippen LogP contribution in [-0.4, -0.2) is 18.1 Å². The van der Waals surface area contributed by atoms with E-state index < -0.39 is 0 Å². The van der Waals surface area contributed by atoms with Crippen molar-refractivity contribution in [1.29, 1.82) is 0 Å². The molecule has 1 fully saturated rings. The highest BCUT2D eigenvalue weighted by Gasteiger charge is 2.29. The molecule has 0 amide bonds. The van der Waals surface area contributed by atoms with Crippen LogP contribution in [0, 0.1) is 11.8 Å². The summed E-state index contributed by atoms with van der Waals surface area (Å²) in [7, 11) is 2.12. The first-order valence-corrected chi connectivity index (χ1v) is 9.13. The van der Waals surface area contributed by atoms with Crippen molar-refractivity contribution < 1.29 is 0 Å². The fraction of sp³-hybridized carbons (Fsp3) is 0.611. The maximum Gasteiger partial charge on any atom is 0.0941 e. The zero-order valence-electron chi connectivity index (χ0n) is 13.1. The van der Waals surface area contributed by atoms with Crippen molar-refractivity contribution >= 4 is 21.6 Å². The molecule has 0 spiro atoms. The van der Waals surface area contributed by atoms with Gasteiger partial charge in [0.1, 0.15) is 0 Å². The zero-order chi connectivity index (χ0) is 14.7. The quantitative estimate of drug-likeness (QED) is 0.870. The molecule has 114 valence electrons. The monoisotopic (exact) mass is 302 g/mol. The van der Waals surface area contributed by atoms with Crippen LogP contribution < -0.4 is 5.32 Å². The highest BCUT2D eigenvalue weighted by atomic mass is 32.1. The minimum absolute atomic E-state index is 0.671. The lowest BCUT2D eigenvalue weighted by Crippen LogP contribution is -2.39. The Bertz CT molecular complexity index is 544. The molecule has 3 heteroatoms. The van der Waals surface area contributed by atoms with Crippen molar-refractivity contribution in [3.63, 3.8) is 0 Å². The highest BCUT2D eigenvalue weighted by molar-refractivity contribution is 7.18. The zero-order valence-corrected chi connectivity index (χ0v) is 14.0. The Balaban J connectivity index is 1.73. The van der Waals surface area contributed by atoms with Crippen molar-refractivity contribution in [2.45, 2.75) is 51.5 Å². The maximum atomic E-state index is 4.84. The molecule has 3 rings (SSSR count). The van der Waals surface area contributed by atoms with E-state index in [0.717, 1.165) is 18.3 Å². The predicted molar refractivity (Wildman–Crippen MR) is 91.9 cm³/mol. The summed E-state index contributed by atoms with van der Waals surface area (Å²) in [5.74, 6) is 1.68. The molecule has 21 heavy (non-hydrogen) atoms. The summed E-state index contributed by atoms with van der Waals surface area (Å²) >= 11 is 1.88. The summed E-state index contributed by atoms with van der Waals surface area (Å²) < 4.78 is 1.33. The topological polar surface area (TPSA) is 24.9 Å². The molecule has 0 radical (unpaired) electrons. The van der Waals surface area contributed by atoms with E-state index in [1.807, 2.05) is 11.3 Å². The van der Waals surface area contributed by atoms with Crippen LogP contribution in [0.15, 0.2) is 24.3 Å². The fourth-order valence-electron chi connectivity index (χ4n) is 3.87. The summed E-state index contributed by atoms with van der Waals surface area (Å²) in [6.45, 7) is 2.31. The molecule has 1 N–H and O–H groups in total. The first-order chi connectivity index (χ1) is 10.3. The van der Waals surface area contributed by atoms with Gasteiger partial charge in [-0.15, -0.1) is 11.3 Å². The SMILES string of the molecule is CCCC1CCC(NC)C(Cc2nc3ccccc3s2)C1. The lowest BCUT2D eigenvalue weighted by molar-refractivity contribution is 0.200. The Hall–Kier alpha value is -0.930. The van der Waals surface area contributed by atoms with Gasteiger partial charge in [0.25, 0.3) is 0 Å². The summed E-state index contributed by atoms with van der Waals surface area (Å²) in [4.78, 5) is 4.84. The van der Waals surface area contributed by atoms with Crippen LogP contribution in [0.1, 0.15) is 44.0 Å². The van der Waals surface area contributed by atoms with E-state index in [4.69, 9.17) is 4.98 Å². The van der Waals surface area contributed by atoms with Crippen LogP contribution in [0.5, 0.6) is 0 Å². The summed E-state index contributed by atoms with van der Waals surface area (Å²) in [5.41, 5.74) is 1.17. The Morgan fingerprint density at radius 2 is 2.14 bits per heavy atom. The standard InChI is InChI=1S/C18H26N2S/c1-3-6-13-9-10-15(19-2)14(11-13)12-18-20-16-7-4-5-8-17(16)21-18/h4-5,7-8,13-15,19H,3,6,9-12H2,1-2H3. The molecule has 3 atom stereocenters. The highest BCUT2D eigenvalue weighted by Crippen LogP contribution is 2.35. The number of nitrogens with zero attached hydrogens (tertiary/aromatic N) is 1. The van der Waals surface area contributed by atoms with Crippen molar-refractivity contribution in [3.8, 4) is 0 Å². The minimum Gasteiger partial charge on any atom is -0.317 e. The summed E-state index contributed by atoms with van der Waals surface area (Å²) in [6.07, 6.45) is 7.96. The minimum atomic E-state index is 0.671. The Kier molecular flexibility index (Phi) is 4.91. The smallest absolute Gasteiger partial charge is 0.0941 e. The molecule has 1 aromatic carbocycles. The molecule has 0 aliphatic heterocycles. The van der Waals surface area contributed by atoms with E-state index in [1.54, 1.807) is 0 Å². The number of thiazole rings is 1. The van der Waals surface area contributed by atoms with Crippen LogP contribution >= 0.6 is 11.3 Å². The van der Waals surface area contributed by atoms with Crippen LogP contribution in [0.3, 0.4) is 0 Å². The van der Waals surface area contributed by atoms with Gasteiger partial charge in [-0.05, 0) is 50.3 Å². The second-order valence-electron chi connectivity index (χ2n) is 6.40. The number of hydrogen-bond acceptors (Lipinski definition) is 3. The molecule has 1 aliphatic rings. The lowest BCUT2D eigenvalue weighted by Gasteiger charge is -2.35. The third kappa shape index (κ3) is 3.46. The number of nitrogens with one attached hydrogen (secondary N) is 1. The maximum absolute atomic E-state index is 4.84. The second-order valence-corrected chi connectivity index (χ2v) is 7.52. The van der Waals surface area contributed by atoms with Crippen LogP contribution in [-0.2, 0) is 6.42 Å². The Morgan fingerprint density at radius 1 is 1.29 bits per heavy atom. The van der Waals surface area contributed by atoms with E-state index >= 15 is 0 Å². The largest absolute Gasteiger partial charge is 0.317 e. The number of hydrogen-bond donors (Lipinski definition) is 1. The normalized spacial score (nSPS) is 26.3. The first kappa shape index (κ1) is 15.0. The molecule has 0 saturated heterocycles. The molecule has 1 aromatic heterocycles. The molecule has 1 aliphatic carbocycles. The van der Waals surface area contributed by atoms with Gasteiger partial charge >= 0.3 is 0 Å². The van der Waals surface area contributed by atoms with Gasteiger partial charge in [-0.3, -0.25) is 0 Å². The summed E-state index contributed by atoms with van der Waals surface area (Å²) in [6, 6.07) is 9.18. The van der Waals surface area contributed by atoms with E-state index in [-0.39, 0.29) is 0 Å². The van der Waals surface area contributed by atoms with E-state index in [1.165, 1.54) is 47.3 Å². The number of benzene rings is 1. The van der Waals surface area contributed by atoms with E-state index in [0.29, 0.717) is 6.04 Å². The average molecular weight is 302 g/mol. The van der Waals surface area contributed by atoms with Crippen LogP contribution in [0.4, 0.5) is 0 Å². The molecular weight excluding hydrogens is 276 g/mol. The molecule has 2 aromatic rings. The first-order valence-electron chi connectivity index (χ1n) is 8.31. The van der Waals surface area contributed by atoms with Gasteiger partial charge < -0.3 is 5.32 Å². The van der Waals surface area contributed by atoms with Gasteiger partial charge in [0.05, 0.1) is 15.2 Å². The predicted octanol–water partition coefficient (Wildman–Crippen LogP) is 4.64. The number of fused-ring (bicyclic) bond motifs is 1. The van der Waals surface area contributed by atoms with Crippen molar-refractivity contribution in [2.75, 3.05) is 7.05 Å². The lowest BCUT2D eigenvalue weighted by atomic mass is 9.75. The molecule has 0 bridgehead atoms. The average Bonchev–Trinajstić information content (AvgIpc) is 2.90. The summed E-state index contributed by atoms with van der Waals surface area (Å²) in [5, 5.41) is 4.87. The van der Waals surface area contributed by atoms with Gasteiger partial charge in [0.15, 0.2) is 0 Å². The van der Waals surface area contributed by atoms with Crippen molar-refractivity contribution in [3.05, 3.63) is 29.3 Å². The molecule has 1 saturated carbocycles. The van der Waals surface area contributed by atoms with Crippen LogP contribution in [0.25, 0.3) is 10.2 Å². The van der Waals surface area contributed by atoms with Gasteiger partial charge in [0.2, 0.25) is 0 Å². The third-order valence-corrected chi connectivity index (χ3v) is 5.99. The molecule has 1 heterocycles. The van der Waals surface area contributed by atoms with Crippen LogP contribution in [0.2, 0.25) is 0 Å². The molecule has 2 nitrogen and oxygen atoms in total. The molecule has 3 unspecified atom stereocenters. The van der Waals surface area contributed by atoms with Gasteiger partial charge in [0, 0.05) is 12.5 Å². The number of rotatable bonds is 5. The van der Waals surface area contributed by atoms with Crippen molar-refractivity contribution in [1.82, 2.24) is 10.3 Å². The Labute approximate surface area is 132 Å². The van der Waals surface area contributed by atoms with E-state index in [2.05, 4.69) is 43.6 Å². The van der Waals surface area contributed by atoms with Crippen molar-refractivity contribution in [2.24, 2.45) is 11.8 Å². The molecular formula is C18H26N2S.